The molecule has 0 spiro atoms. The van der Waals surface area contributed by atoms with E-state index in [1.165, 1.54) is 6.07 Å². The van der Waals surface area contributed by atoms with Crippen LogP contribution in [0, 0.1) is 12.7 Å². The summed E-state index contributed by atoms with van der Waals surface area (Å²) in [6, 6.07) is 2.59. The molecule has 0 radical (unpaired) electrons. The highest BCUT2D eigenvalue weighted by atomic mass is 32.1. The van der Waals surface area contributed by atoms with E-state index in [2.05, 4.69) is 17.9 Å². The summed E-state index contributed by atoms with van der Waals surface area (Å²) in [5, 5.41) is 15.0. The number of esters is 1. The number of carbonyl (C=O) groups excluding carboxylic acids is 2. The van der Waals surface area contributed by atoms with Crippen LogP contribution >= 0.6 is 12.6 Å². The van der Waals surface area contributed by atoms with Crippen LogP contribution in [0.2, 0.25) is 0 Å². The number of ether oxygens (including phenoxy) is 2. The number of halogens is 1. The molecule has 40 heavy (non-hydrogen) atoms. The maximum Gasteiger partial charge on any atom is 0.343 e. The molecule has 9 nitrogen and oxygen atoms in total. The Kier molecular flexibility index (Phi) is 6.14. The number of benzene rings is 1. The molecule has 1 amide bonds. The second kappa shape index (κ2) is 9.12. The van der Waals surface area contributed by atoms with E-state index in [1.807, 2.05) is 0 Å². The first-order chi connectivity index (χ1) is 18.8. The van der Waals surface area contributed by atoms with Crippen LogP contribution < -0.4 is 10.9 Å². The summed E-state index contributed by atoms with van der Waals surface area (Å²) in [6.45, 7) is 6.61. The predicted molar refractivity (Wildman–Crippen MR) is 147 cm³/mol. The molecule has 4 heterocycles. The number of aryl methyl sites for hydroxylation is 1. The van der Waals surface area contributed by atoms with Gasteiger partial charge in [-0.2, -0.15) is 0 Å². The Morgan fingerprint density at radius 1 is 1.32 bits per heavy atom. The van der Waals surface area contributed by atoms with Gasteiger partial charge in [0.25, 0.3) is 5.56 Å². The number of pyridine rings is 2. The molecule has 3 aromatic rings. The summed E-state index contributed by atoms with van der Waals surface area (Å²) in [4.78, 5) is 43.2. The van der Waals surface area contributed by atoms with Crippen molar-refractivity contribution in [2.24, 2.45) is 0 Å². The Morgan fingerprint density at radius 2 is 2.08 bits per heavy atom. The first-order valence-electron chi connectivity index (χ1n) is 13.3. The quantitative estimate of drug-likeness (QED) is 0.192. The van der Waals surface area contributed by atoms with Gasteiger partial charge >= 0.3 is 5.97 Å². The van der Waals surface area contributed by atoms with Crippen molar-refractivity contribution >= 4 is 35.4 Å². The normalized spacial score (nSPS) is 21.1. The number of thiol groups is 1. The van der Waals surface area contributed by atoms with E-state index >= 15 is 4.39 Å². The Labute approximate surface area is 235 Å². The number of aromatic nitrogens is 2. The van der Waals surface area contributed by atoms with E-state index in [0.29, 0.717) is 35.3 Å². The molecule has 0 fully saturated rings. The largest absolute Gasteiger partial charge is 0.458 e. The van der Waals surface area contributed by atoms with E-state index in [-0.39, 0.29) is 54.6 Å². The van der Waals surface area contributed by atoms with Gasteiger partial charge in [0.15, 0.2) is 5.60 Å². The van der Waals surface area contributed by atoms with Crippen LogP contribution in [0.25, 0.3) is 22.3 Å². The minimum Gasteiger partial charge on any atom is -0.458 e. The van der Waals surface area contributed by atoms with Gasteiger partial charge in [0.2, 0.25) is 5.91 Å². The zero-order valence-corrected chi connectivity index (χ0v) is 23.6. The van der Waals surface area contributed by atoms with Gasteiger partial charge in [-0.25, -0.2) is 14.2 Å². The zero-order valence-electron chi connectivity index (χ0n) is 22.7. The average molecular weight is 568 g/mol. The minimum atomic E-state index is -1.95. The highest BCUT2D eigenvalue weighted by molar-refractivity contribution is 7.81. The third-order valence-electron chi connectivity index (χ3n) is 8.27. The summed E-state index contributed by atoms with van der Waals surface area (Å²) in [5.74, 6) is -1.50. The lowest BCUT2D eigenvalue weighted by molar-refractivity contribution is -0.172. The Balaban J connectivity index is 1.55. The number of hydrogen-bond donors (Lipinski definition) is 3. The number of hydrogen-bond acceptors (Lipinski definition) is 8. The third kappa shape index (κ3) is 3.97. The number of fused-ring (bicyclic) bond motifs is 5. The highest BCUT2D eigenvalue weighted by Gasteiger charge is 2.46. The summed E-state index contributed by atoms with van der Waals surface area (Å²) < 4.78 is 27.3. The van der Waals surface area contributed by atoms with Gasteiger partial charge in [-0.15, -0.1) is 12.6 Å². The van der Waals surface area contributed by atoms with Gasteiger partial charge in [0.1, 0.15) is 24.0 Å². The van der Waals surface area contributed by atoms with Crippen LogP contribution in [0.15, 0.2) is 16.9 Å². The van der Waals surface area contributed by atoms with E-state index in [0.717, 1.165) is 22.1 Å². The number of nitrogens with zero attached hydrogens (tertiary/aromatic N) is 2. The van der Waals surface area contributed by atoms with Crippen LogP contribution in [0.5, 0.6) is 0 Å². The van der Waals surface area contributed by atoms with Gasteiger partial charge in [0.05, 0.1) is 35.1 Å². The van der Waals surface area contributed by atoms with Crippen molar-refractivity contribution < 1.29 is 28.6 Å². The number of cyclic esters (lactones) is 1. The minimum absolute atomic E-state index is 0.0259. The lowest BCUT2D eigenvalue weighted by Crippen LogP contribution is -2.44. The lowest BCUT2D eigenvalue weighted by Gasteiger charge is -2.31. The first kappa shape index (κ1) is 26.9. The molecule has 2 atom stereocenters. The number of aliphatic hydroxyl groups is 1. The van der Waals surface area contributed by atoms with E-state index in [1.54, 1.807) is 38.3 Å². The average Bonchev–Trinajstić information content (AvgIpc) is 3.27. The van der Waals surface area contributed by atoms with E-state index in [9.17, 15) is 19.5 Å². The maximum absolute atomic E-state index is 15.0. The van der Waals surface area contributed by atoms with Crippen LogP contribution in [0.1, 0.15) is 73.0 Å². The van der Waals surface area contributed by atoms with Crippen molar-refractivity contribution in [1.82, 2.24) is 14.9 Å². The maximum atomic E-state index is 15.0. The molecule has 11 heteroatoms. The molecule has 2 N–H and O–H groups in total. The summed E-state index contributed by atoms with van der Waals surface area (Å²) in [5.41, 5.74) is 2.30. The van der Waals surface area contributed by atoms with Crippen molar-refractivity contribution in [3.8, 4) is 11.4 Å². The van der Waals surface area contributed by atoms with Gasteiger partial charge in [-0.3, -0.25) is 9.59 Å². The van der Waals surface area contributed by atoms with Gasteiger partial charge < -0.3 is 24.5 Å². The van der Waals surface area contributed by atoms with Crippen molar-refractivity contribution in [2.75, 3.05) is 6.61 Å². The molecular weight excluding hydrogens is 537 g/mol. The Hall–Kier alpha value is -3.28. The standard InChI is InChI=1S/C29H30FN3O6S/c1-5-29(37)17-8-21-25-15(10-33(21)26(35)16(17)11-38-27(29)36)24-19(31-22(34)12-39-28(3,4)40)7-6-14-13(2)18(30)9-20(32-25)23(14)24/h8-9,19,37,40H,5-7,10-12H2,1-4H3,(H,31,34)/t19-,29-/m0/s1. The van der Waals surface area contributed by atoms with Gasteiger partial charge in [-0.1, -0.05) is 6.92 Å². The predicted octanol–water partition coefficient (Wildman–Crippen LogP) is 3.31. The van der Waals surface area contributed by atoms with Gasteiger partial charge in [0, 0.05) is 22.6 Å². The number of rotatable bonds is 5. The number of carbonyl (C=O) groups is 2. The van der Waals surface area contributed by atoms with Crippen LogP contribution in [0.4, 0.5) is 4.39 Å². The van der Waals surface area contributed by atoms with Crippen LogP contribution in [-0.4, -0.2) is 38.1 Å². The second-order valence-corrected chi connectivity index (χ2v) is 12.3. The topological polar surface area (TPSA) is 120 Å². The van der Waals surface area contributed by atoms with Crippen molar-refractivity contribution in [1.29, 1.82) is 0 Å². The van der Waals surface area contributed by atoms with Crippen molar-refractivity contribution in [3.05, 3.63) is 61.7 Å². The molecule has 0 unspecified atom stereocenters. The molecule has 210 valence electrons. The van der Waals surface area contributed by atoms with E-state index < -0.39 is 22.5 Å². The third-order valence-corrected chi connectivity index (χ3v) is 8.40. The van der Waals surface area contributed by atoms with E-state index in [4.69, 9.17) is 14.5 Å². The fraction of sp³-hybridized carbons (Fsp3) is 0.448. The Morgan fingerprint density at radius 3 is 2.77 bits per heavy atom. The molecule has 0 saturated carbocycles. The lowest BCUT2D eigenvalue weighted by atomic mass is 9.81. The highest BCUT2D eigenvalue weighted by Crippen LogP contribution is 2.45. The molecule has 2 aliphatic heterocycles. The fourth-order valence-corrected chi connectivity index (χ4v) is 6.24. The molecule has 0 bridgehead atoms. The summed E-state index contributed by atoms with van der Waals surface area (Å²) >= 11 is 4.32. The van der Waals surface area contributed by atoms with Gasteiger partial charge in [-0.05, 0) is 62.8 Å². The van der Waals surface area contributed by atoms with Crippen molar-refractivity contribution in [3.63, 3.8) is 0 Å². The SMILES string of the molecule is CC[C@@]1(O)C(=O)OCc2c1cc1n(c2=O)Cc2c-1nc1cc(F)c(C)c3c1c2[C@@H](NC(=O)COC(C)(C)S)CC3. The van der Waals surface area contributed by atoms with Crippen LogP contribution in [-0.2, 0) is 44.2 Å². The van der Waals surface area contributed by atoms with Crippen molar-refractivity contribution in [2.45, 2.75) is 76.7 Å². The number of amides is 1. The monoisotopic (exact) mass is 567 g/mol. The molecule has 0 saturated heterocycles. The Bertz CT molecular complexity index is 1690. The summed E-state index contributed by atoms with van der Waals surface area (Å²) in [7, 11) is 0. The molecule has 3 aliphatic rings. The summed E-state index contributed by atoms with van der Waals surface area (Å²) in [6.07, 6.45) is 1.10. The first-order valence-corrected chi connectivity index (χ1v) is 13.8. The molecular formula is C29H30FN3O6S. The van der Waals surface area contributed by atoms with Crippen LogP contribution in [0.3, 0.4) is 0 Å². The second-order valence-electron chi connectivity index (χ2n) is 11.2. The number of nitrogens with one attached hydrogen (secondary N) is 1. The smallest absolute Gasteiger partial charge is 0.343 e. The molecule has 1 aromatic carbocycles. The molecule has 6 rings (SSSR count). The zero-order chi connectivity index (χ0) is 28.7. The molecule has 2 aromatic heterocycles. The molecule has 1 aliphatic carbocycles. The fourth-order valence-electron chi connectivity index (χ4n) is 6.18.